The molecule has 0 atom stereocenters. The molecule has 4 nitrogen and oxygen atoms in total. The Bertz CT molecular complexity index is 685. The SMILES string of the molecule is Cc1ccc(C(=O)Nc2ccc3c(c2)OCO3)c(Cl)c1. The first-order chi connectivity index (χ1) is 9.63. The Hall–Kier alpha value is -2.20. The number of rotatable bonds is 2. The van der Waals surface area contributed by atoms with Crippen molar-refractivity contribution >= 4 is 23.2 Å². The van der Waals surface area contributed by atoms with E-state index >= 15 is 0 Å². The Morgan fingerprint density at radius 1 is 1.15 bits per heavy atom. The number of aryl methyl sites for hydroxylation is 1. The molecule has 2 aromatic rings. The fourth-order valence-electron chi connectivity index (χ4n) is 1.98. The average molecular weight is 290 g/mol. The third-order valence-electron chi connectivity index (χ3n) is 3.00. The second kappa shape index (κ2) is 5.06. The maximum Gasteiger partial charge on any atom is 0.257 e. The Morgan fingerprint density at radius 3 is 2.75 bits per heavy atom. The van der Waals surface area contributed by atoms with Crippen molar-refractivity contribution in [1.82, 2.24) is 0 Å². The van der Waals surface area contributed by atoms with Crippen LogP contribution < -0.4 is 14.8 Å². The van der Waals surface area contributed by atoms with Gasteiger partial charge in [0.2, 0.25) is 6.79 Å². The molecule has 0 saturated carbocycles. The van der Waals surface area contributed by atoms with E-state index in [1.54, 1.807) is 30.3 Å². The number of nitrogens with one attached hydrogen (secondary N) is 1. The topological polar surface area (TPSA) is 47.6 Å². The minimum atomic E-state index is -0.256. The minimum absolute atomic E-state index is 0.205. The summed E-state index contributed by atoms with van der Waals surface area (Å²) in [5, 5.41) is 3.22. The van der Waals surface area contributed by atoms with E-state index in [1.165, 1.54) is 0 Å². The molecule has 1 aliphatic heterocycles. The summed E-state index contributed by atoms with van der Waals surface area (Å²) < 4.78 is 10.5. The molecular weight excluding hydrogens is 278 g/mol. The standard InChI is InChI=1S/C15H12ClNO3/c1-9-2-4-11(12(16)6-9)15(18)17-10-3-5-13-14(7-10)20-8-19-13/h2-7H,8H2,1H3,(H,17,18). The number of hydrogen-bond acceptors (Lipinski definition) is 3. The first-order valence-electron chi connectivity index (χ1n) is 6.10. The van der Waals surface area contributed by atoms with Crippen LogP contribution in [0.1, 0.15) is 15.9 Å². The summed E-state index contributed by atoms with van der Waals surface area (Å²) >= 11 is 6.08. The fourth-order valence-corrected chi connectivity index (χ4v) is 2.30. The van der Waals surface area contributed by atoms with Crippen molar-refractivity contribution in [1.29, 1.82) is 0 Å². The summed E-state index contributed by atoms with van der Waals surface area (Å²) in [4.78, 5) is 12.2. The van der Waals surface area contributed by atoms with Gasteiger partial charge in [0.1, 0.15) is 0 Å². The van der Waals surface area contributed by atoms with Gasteiger partial charge < -0.3 is 14.8 Å². The summed E-state index contributed by atoms with van der Waals surface area (Å²) in [7, 11) is 0. The lowest BCUT2D eigenvalue weighted by Crippen LogP contribution is -2.12. The van der Waals surface area contributed by atoms with Gasteiger partial charge in [-0.05, 0) is 36.8 Å². The normalized spacial score (nSPS) is 12.3. The molecule has 1 N–H and O–H groups in total. The molecule has 0 fully saturated rings. The van der Waals surface area contributed by atoms with E-state index in [0.717, 1.165) is 5.56 Å². The number of anilines is 1. The van der Waals surface area contributed by atoms with Crippen LogP contribution in [0, 0.1) is 6.92 Å². The second-order valence-electron chi connectivity index (χ2n) is 4.51. The van der Waals surface area contributed by atoms with E-state index in [4.69, 9.17) is 21.1 Å². The molecule has 0 unspecified atom stereocenters. The predicted molar refractivity (Wildman–Crippen MR) is 76.7 cm³/mol. The number of ether oxygens (including phenoxy) is 2. The molecule has 1 aliphatic rings. The Kier molecular flexibility index (Phi) is 3.24. The average Bonchev–Trinajstić information content (AvgIpc) is 2.85. The van der Waals surface area contributed by atoms with Crippen LogP contribution in [0.2, 0.25) is 5.02 Å². The van der Waals surface area contributed by atoms with Crippen molar-refractivity contribution in [2.24, 2.45) is 0 Å². The molecule has 102 valence electrons. The molecule has 2 aromatic carbocycles. The van der Waals surface area contributed by atoms with Gasteiger partial charge >= 0.3 is 0 Å². The monoisotopic (exact) mass is 289 g/mol. The van der Waals surface area contributed by atoms with Gasteiger partial charge in [-0.1, -0.05) is 17.7 Å². The highest BCUT2D eigenvalue weighted by Gasteiger charge is 2.15. The minimum Gasteiger partial charge on any atom is -0.454 e. The molecule has 1 amide bonds. The van der Waals surface area contributed by atoms with E-state index in [1.807, 2.05) is 13.0 Å². The first-order valence-corrected chi connectivity index (χ1v) is 6.48. The molecule has 5 heteroatoms. The van der Waals surface area contributed by atoms with E-state index in [9.17, 15) is 4.79 Å². The molecule has 0 saturated heterocycles. The summed E-state index contributed by atoms with van der Waals surface area (Å²) in [6.07, 6.45) is 0. The number of fused-ring (bicyclic) bond motifs is 1. The van der Waals surface area contributed by atoms with E-state index in [0.29, 0.717) is 27.8 Å². The molecule has 3 rings (SSSR count). The van der Waals surface area contributed by atoms with Crippen LogP contribution in [-0.2, 0) is 0 Å². The summed E-state index contributed by atoms with van der Waals surface area (Å²) in [6.45, 7) is 2.13. The molecule has 0 spiro atoms. The van der Waals surface area contributed by atoms with Crippen LogP contribution in [0.3, 0.4) is 0 Å². The summed E-state index contributed by atoms with van der Waals surface area (Å²) in [5.74, 6) is 1.04. The molecule has 1 heterocycles. The molecule has 0 bridgehead atoms. The number of benzene rings is 2. The molecule has 20 heavy (non-hydrogen) atoms. The lowest BCUT2D eigenvalue weighted by atomic mass is 10.1. The van der Waals surface area contributed by atoms with Crippen molar-refractivity contribution in [3.05, 3.63) is 52.5 Å². The third-order valence-corrected chi connectivity index (χ3v) is 3.31. The van der Waals surface area contributed by atoms with Gasteiger partial charge in [-0.2, -0.15) is 0 Å². The van der Waals surface area contributed by atoms with Crippen LogP contribution in [0.4, 0.5) is 5.69 Å². The zero-order valence-electron chi connectivity index (χ0n) is 10.8. The van der Waals surface area contributed by atoms with E-state index < -0.39 is 0 Å². The van der Waals surface area contributed by atoms with Gasteiger partial charge in [0.05, 0.1) is 10.6 Å². The number of hydrogen-bond donors (Lipinski definition) is 1. The quantitative estimate of drug-likeness (QED) is 0.918. The van der Waals surface area contributed by atoms with Crippen LogP contribution in [-0.4, -0.2) is 12.7 Å². The van der Waals surface area contributed by atoms with Gasteiger partial charge in [0.15, 0.2) is 11.5 Å². The molecule has 0 radical (unpaired) electrons. The predicted octanol–water partition coefficient (Wildman–Crippen LogP) is 3.63. The second-order valence-corrected chi connectivity index (χ2v) is 4.91. The van der Waals surface area contributed by atoms with Gasteiger partial charge in [-0.3, -0.25) is 4.79 Å². The van der Waals surface area contributed by atoms with E-state index in [-0.39, 0.29) is 12.7 Å². The molecule has 0 aliphatic carbocycles. The highest BCUT2D eigenvalue weighted by Crippen LogP contribution is 2.34. The Labute approximate surface area is 121 Å². The highest BCUT2D eigenvalue weighted by molar-refractivity contribution is 6.34. The molecule has 0 aromatic heterocycles. The number of halogens is 1. The number of carbonyl (C=O) groups is 1. The van der Waals surface area contributed by atoms with Crippen molar-refractivity contribution in [3.8, 4) is 11.5 Å². The Balaban J connectivity index is 1.82. The smallest absolute Gasteiger partial charge is 0.257 e. The maximum atomic E-state index is 12.2. The van der Waals surface area contributed by atoms with Crippen molar-refractivity contribution < 1.29 is 14.3 Å². The lowest BCUT2D eigenvalue weighted by Gasteiger charge is -2.08. The zero-order valence-corrected chi connectivity index (χ0v) is 11.5. The van der Waals surface area contributed by atoms with Gasteiger partial charge in [0.25, 0.3) is 5.91 Å². The number of carbonyl (C=O) groups excluding carboxylic acids is 1. The van der Waals surface area contributed by atoms with Gasteiger partial charge in [-0.15, -0.1) is 0 Å². The van der Waals surface area contributed by atoms with Crippen LogP contribution in [0.25, 0.3) is 0 Å². The largest absolute Gasteiger partial charge is 0.454 e. The number of amides is 1. The Morgan fingerprint density at radius 2 is 1.95 bits per heavy atom. The third kappa shape index (κ3) is 2.42. The van der Waals surface area contributed by atoms with Crippen molar-refractivity contribution in [2.45, 2.75) is 6.92 Å². The van der Waals surface area contributed by atoms with Gasteiger partial charge in [-0.25, -0.2) is 0 Å². The van der Waals surface area contributed by atoms with Crippen LogP contribution in [0.15, 0.2) is 36.4 Å². The van der Waals surface area contributed by atoms with Crippen molar-refractivity contribution in [2.75, 3.05) is 12.1 Å². The van der Waals surface area contributed by atoms with Crippen LogP contribution >= 0.6 is 11.6 Å². The van der Waals surface area contributed by atoms with Crippen molar-refractivity contribution in [3.63, 3.8) is 0 Å². The summed E-state index contributed by atoms with van der Waals surface area (Å²) in [6, 6.07) is 10.6. The molecular formula is C15H12ClNO3. The first kappa shape index (κ1) is 12.8. The summed E-state index contributed by atoms with van der Waals surface area (Å²) in [5.41, 5.74) is 2.08. The van der Waals surface area contributed by atoms with Gasteiger partial charge in [0, 0.05) is 11.8 Å². The fraction of sp³-hybridized carbons (Fsp3) is 0.133. The van der Waals surface area contributed by atoms with E-state index in [2.05, 4.69) is 5.32 Å². The maximum absolute atomic E-state index is 12.2. The lowest BCUT2D eigenvalue weighted by molar-refractivity contribution is 0.102. The zero-order chi connectivity index (χ0) is 14.1. The van der Waals surface area contributed by atoms with Crippen LogP contribution in [0.5, 0.6) is 11.5 Å². The highest BCUT2D eigenvalue weighted by atomic mass is 35.5.